The van der Waals surface area contributed by atoms with Crippen LogP contribution in [0.25, 0.3) is 0 Å². The van der Waals surface area contributed by atoms with Crippen LogP contribution in [-0.4, -0.2) is 44.3 Å². The smallest absolute Gasteiger partial charge is 0.264 e. The molecular weight excluding hydrogens is 582 g/mol. The van der Waals surface area contributed by atoms with Crippen molar-refractivity contribution < 1.29 is 18.0 Å². The fourth-order valence-electron chi connectivity index (χ4n) is 5.29. The SMILES string of the molecule is CCCCNC(=O)C(Cc1ccccc1)N(Cc1ccc(C)cc1)C(=O)CN(c1cc(C)cc(C)c1)S(=O)(=O)c1ccccc1. The molecular formula is C37H43N3O4S. The van der Waals surface area contributed by atoms with Crippen molar-refractivity contribution in [3.05, 3.63) is 131 Å². The first-order valence-corrected chi connectivity index (χ1v) is 16.8. The van der Waals surface area contributed by atoms with Gasteiger partial charge in [-0.1, -0.05) is 97.8 Å². The van der Waals surface area contributed by atoms with Crippen molar-refractivity contribution in [1.29, 1.82) is 0 Å². The molecule has 0 aliphatic heterocycles. The molecule has 0 heterocycles. The van der Waals surface area contributed by atoms with Gasteiger partial charge < -0.3 is 10.2 Å². The van der Waals surface area contributed by atoms with E-state index in [0.717, 1.165) is 40.7 Å². The minimum atomic E-state index is -4.13. The molecule has 1 N–H and O–H groups in total. The minimum Gasteiger partial charge on any atom is -0.354 e. The number of sulfonamides is 1. The molecule has 0 aliphatic rings. The third-order valence-corrected chi connectivity index (χ3v) is 9.47. The summed E-state index contributed by atoms with van der Waals surface area (Å²) >= 11 is 0. The highest BCUT2D eigenvalue weighted by Crippen LogP contribution is 2.27. The van der Waals surface area contributed by atoms with Gasteiger partial charge in [0.1, 0.15) is 12.6 Å². The van der Waals surface area contributed by atoms with Crippen molar-refractivity contribution in [2.75, 3.05) is 17.4 Å². The molecule has 0 spiro atoms. The van der Waals surface area contributed by atoms with Crippen molar-refractivity contribution >= 4 is 27.5 Å². The zero-order valence-electron chi connectivity index (χ0n) is 26.6. The number of amides is 2. The number of hydrogen-bond donors (Lipinski definition) is 1. The highest BCUT2D eigenvalue weighted by Gasteiger charge is 2.34. The Morgan fingerprint density at radius 2 is 1.36 bits per heavy atom. The first-order valence-electron chi connectivity index (χ1n) is 15.4. The van der Waals surface area contributed by atoms with Crippen LogP contribution in [0, 0.1) is 20.8 Å². The fraction of sp³-hybridized carbons (Fsp3) is 0.297. The van der Waals surface area contributed by atoms with Crippen LogP contribution in [0.15, 0.2) is 108 Å². The molecule has 236 valence electrons. The summed E-state index contributed by atoms with van der Waals surface area (Å²) in [4.78, 5) is 30.0. The molecule has 0 bridgehead atoms. The topological polar surface area (TPSA) is 86.8 Å². The minimum absolute atomic E-state index is 0.0835. The van der Waals surface area contributed by atoms with Gasteiger partial charge in [-0.2, -0.15) is 0 Å². The van der Waals surface area contributed by atoms with Crippen LogP contribution >= 0.6 is 0 Å². The van der Waals surface area contributed by atoms with Crippen LogP contribution < -0.4 is 9.62 Å². The van der Waals surface area contributed by atoms with E-state index < -0.39 is 28.5 Å². The van der Waals surface area contributed by atoms with E-state index in [0.29, 0.717) is 12.2 Å². The number of rotatable bonds is 14. The molecule has 0 fully saturated rings. The standard InChI is InChI=1S/C37H43N3O4S/c1-5-6-21-38-37(42)35(25-31-13-9-7-10-14-31)39(26-32-19-17-28(2)18-20-32)36(41)27-40(33-23-29(3)22-30(4)24-33)45(43,44)34-15-11-8-12-16-34/h7-20,22-24,35H,5-6,21,25-27H2,1-4H3,(H,38,42). The van der Waals surface area contributed by atoms with Gasteiger partial charge >= 0.3 is 0 Å². The lowest BCUT2D eigenvalue weighted by atomic mass is 10.0. The monoisotopic (exact) mass is 625 g/mol. The lowest BCUT2D eigenvalue weighted by molar-refractivity contribution is -0.140. The van der Waals surface area contributed by atoms with E-state index in [1.165, 1.54) is 21.3 Å². The summed E-state index contributed by atoms with van der Waals surface area (Å²) in [6.07, 6.45) is 2.01. The summed E-state index contributed by atoms with van der Waals surface area (Å²) in [6, 6.07) is 30.1. The number of benzene rings is 4. The third kappa shape index (κ3) is 9.05. The molecule has 0 saturated carbocycles. The van der Waals surface area contributed by atoms with Crippen LogP contribution in [-0.2, 0) is 32.6 Å². The number of hydrogen-bond acceptors (Lipinski definition) is 4. The van der Waals surface area contributed by atoms with Gasteiger partial charge in [-0.05, 0) is 73.7 Å². The van der Waals surface area contributed by atoms with E-state index in [1.807, 2.05) is 81.4 Å². The number of anilines is 1. The summed E-state index contributed by atoms with van der Waals surface area (Å²) in [5.41, 5.74) is 4.96. The molecule has 0 aliphatic carbocycles. The molecule has 8 heteroatoms. The van der Waals surface area contributed by atoms with Gasteiger partial charge in [-0.15, -0.1) is 0 Å². The van der Waals surface area contributed by atoms with Crippen LogP contribution in [0.3, 0.4) is 0 Å². The van der Waals surface area contributed by atoms with Gasteiger partial charge in [-0.25, -0.2) is 8.42 Å². The second-order valence-electron chi connectivity index (χ2n) is 11.5. The van der Waals surface area contributed by atoms with Crippen LogP contribution in [0.4, 0.5) is 5.69 Å². The summed E-state index contributed by atoms with van der Waals surface area (Å²) in [5.74, 6) is -0.738. The number of unbranched alkanes of at least 4 members (excludes halogenated alkanes) is 1. The van der Waals surface area contributed by atoms with E-state index in [2.05, 4.69) is 12.2 Å². The molecule has 1 unspecified atom stereocenters. The number of carbonyl (C=O) groups excluding carboxylic acids is 2. The van der Waals surface area contributed by atoms with Gasteiger partial charge in [0.2, 0.25) is 11.8 Å². The lowest BCUT2D eigenvalue weighted by Gasteiger charge is -2.34. The van der Waals surface area contributed by atoms with Gasteiger partial charge in [-0.3, -0.25) is 13.9 Å². The maximum absolute atomic E-state index is 14.6. The first-order chi connectivity index (χ1) is 21.6. The molecule has 2 amide bonds. The van der Waals surface area contributed by atoms with E-state index in [9.17, 15) is 18.0 Å². The van der Waals surface area contributed by atoms with Crippen LogP contribution in [0.5, 0.6) is 0 Å². The number of nitrogens with one attached hydrogen (secondary N) is 1. The Morgan fingerprint density at radius 1 is 0.756 bits per heavy atom. The second-order valence-corrected chi connectivity index (χ2v) is 13.4. The van der Waals surface area contributed by atoms with Crippen molar-refractivity contribution in [3.63, 3.8) is 0 Å². The Balaban J connectivity index is 1.80. The summed E-state index contributed by atoms with van der Waals surface area (Å²) in [5, 5.41) is 3.03. The Bertz CT molecular complexity index is 1650. The molecule has 4 aromatic rings. The third-order valence-electron chi connectivity index (χ3n) is 7.68. The fourth-order valence-corrected chi connectivity index (χ4v) is 6.71. The second kappa shape index (κ2) is 15.5. The van der Waals surface area contributed by atoms with Crippen molar-refractivity contribution in [2.24, 2.45) is 0 Å². The summed E-state index contributed by atoms with van der Waals surface area (Å²) < 4.78 is 29.5. The summed E-state index contributed by atoms with van der Waals surface area (Å²) in [6.45, 7) is 7.99. The normalized spacial score (nSPS) is 11.9. The maximum Gasteiger partial charge on any atom is 0.264 e. The highest BCUT2D eigenvalue weighted by atomic mass is 32.2. The van der Waals surface area contributed by atoms with Gasteiger partial charge in [0.15, 0.2) is 0 Å². The molecule has 4 aromatic carbocycles. The quantitative estimate of drug-likeness (QED) is 0.165. The summed E-state index contributed by atoms with van der Waals surface area (Å²) in [7, 11) is -4.13. The highest BCUT2D eigenvalue weighted by molar-refractivity contribution is 7.92. The Hall–Kier alpha value is -4.43. The average molecular weight is 626 g/mol. The predicted octanol–water partition coefficient (Wildman–Crippen LogP) is 6.36. The first kappa shape index (κ1) is 33.5. The molecule has 7 nitrogen and oxygen atoms in total. The average Bonchev–Trinajstić information content (AvgIpc) is 3.02. The van der Waals surface area contributed by atoms with E-state index in [4.69, 9.17) is 0 Å². The largest absolute Gasteiger partial charge is 0.354 e. The van der Waals surface area contributed by atoms with Gasteiger partial charge in [0.05, 0.1) is 10.6 Å². The molecule has 0 radical (unpaired) electrons. The van der Waals surface area contributed by atoms with E-state index >= 15 is 0 Å². The molecule has 45 heavy (non-hydrogen) atoms. The van der Waals surface area contributed by atoms with E-state index in [-0.39, 0.29) is 23.8 Å². The zero-order chi connectivity index (χ0) is 32.4. The van der Waals surface area contributed by atoms with Crippen molar-refractivity contribution in [1.82, 2.24) is 10.2 Å². The lowest BCUT2D eigenvalue weighted by Crippen LogP contribution is -2.53. The van der Waals surface area contributed by atoms with Crippen LogP contribution in [0.2, 0.25) is 0 Å². The van der Waals surface area contributed by atoms with E-state index in [1.54, 1.807) is 30.3 Å². The Labute approximate surface area is 268 Å². The molecule has 4 rings (SSSR count). The molecule has 0 aromatic heterocycles. The number of carbonyl (C=O) groups is 2. The van der Waals surface area contributed by atoms with Crippen molar-refractivity contribution in [2.45, 2.75) is 64.4 Å². The van der Waals surface area contributed by atoms with Gasteiger partial charge in [0, 0.05) is 19.5 Å². The Kier molecular flexibility index (Phi) is 11.5. The number of nitrogens with zero attached hydrogens (tertiary/aromatic N) is 2. The Morgan fingerprint density at radius 3 is 1.96 bits per heavy atom. The zero-order valence-corrected chi connectivity index (χ0v) is 27.4. The molecule has 1 atom stereocenters. The molecule has 0 saturated heterocycles. The number of aryl methyl sites for hydroxylation is 3. The predicted molar refractivity (Wildman–Crippen MR) is 180 cm³/mol. The van der Waals surface area contributed by atoms with Crippen molar-refractivity contribution in [3.8, 4) is 0 Å². The van der Waals surface area contributed by atoms with Gasteiger partial charge in [0.25, 0.3) is 10.0 Å². The maximum atomic E-state index is 14.6. The van der Waals surface area contributed by atoms with Crippen LogP contribution in [0.1, 0.15) is 47.6 Å².